The van der Waals surface area contributed by atoms with Crippen molar-refractivity contribution in [3.05, 3.63) is 106 Å². The van der Waals surface area contributed by atoms with Crippen LogP contribution in [0, 0.1) is 0 Å². The Labute approximate surface area is 257 Å². The fraction of sp³-hybridized carbons (Fsp3) is 0.371. The van der Waals surface area contributed by atoms with Gasteiger partial charge in [-0.1, -0.05) is 24.3 Å². The quantitative estimate of drug-likeness (QED) is 0.255. The lowest BCUT2D eigenvalue weighted by Crippen LogP contribution is -2.40. The second kappa shape index (κ2) is 12.7. The van der Waals surface area contributed by atoms with Crippen molar-refractivity contribution in [2.75, 3.05) is 56.7 Å². The van der Waals surface area contributed by atoms with Crippen LogP contribution in [0.15, 0.2) is 77.9 Å². The number of fused-ring (bicyclic) bond motifs is 2. The predicted octanol–water partition coefficient (Wildman–Crippen LogP) is 5.17. The lowest BCUT2D eigenvalue weighted by molar-refractivity contribution is 0.0384. The van der Waals surface area contributed by atoms with Gasteiger partial charge in [-0.15, -0.1) is 0 Å². The molecule has 2 saturated heterocycles. The summed E-state index contributed by atoms with van der Waals surface area (Å²) in [7, 11) is 1.65. The molecule has 0 saturated carbocycles. The molecule has 0 bridgehead atoms. The minimum atomic E-state index is -0.140. The van der Waals surface area contributed by atoms with Crippen molar-refractivity contribution in [3.8, 4) is 17.4 Å². The van der Waals surface area contributed by atoms with Gasteiger partial charge < -0.3 is 34.3 Å². The summed E-state index contributed by atoms with van der Waals surface area (Å²) in [5, 5.41) is 3.79. The first-order valence-corrected chi connectivity index (χ1v) is 15.6. The Morgan fingerprint density at radius 1 is 1.05 bits per heavy atom. The average molecular weight is 594 g/mol. The van der Waals surface area contributed by atoms with Crippen molar-refractivity contribution in [1.82, 2.24) is 14.9 Å². The third kappa shape index (κ3) is 6.30. The van der Waals surface area contributed by atoms with Crippen molar-refractivity contribution in [3.63, 3.8) is 0 Å². The van der Waals surface area contributed by atoms with Gasteiger partial charge in [0.1, 0.15) is 17.6 Å². The number of para-hydroxylation sites is 1. The van der Waals surface area contributed by atoms with Crippen LogP contribution in [0.5, 0.6) is 17.4 Å². The highest BCUT2D eigenvalue weighted by Crippen LogP contribution is 2.43. The Morgan fingerprint density at radius 3 is 2.77 bits per heavy atom. The summed E-state index contributed by atoms with van der Waals surface area (Å²) in [6.45, 7) is 5.23. The van der Waals surface area contributed by atoms with E-state index in [1.54, 1.807) is 19.4 Å². The molecule has 2 aromatic heterocycles. The molecule has 0 amide bonds. The Hall–Kier alpha value is -4.34. The zero-order chi connectivity index (χ0) is 29.9. The van der Waals surface area contributed by atoms with Crippen LogP contribution in [0.2, 0.25) is 0 Å². The van der Waals surface area contributed by atoms with E-state index < -0.39 is 0 Å². The van der Waals surface area contributed by atoms with Crippen molar-refractivity contribution in [2.24, 2.45) is 0 Å². The standard InChI is InChI=1S/C35H39N5O4/c1-42-34-8-5-24(22-37-34)10-14-39-15-11-27(12-16-39)38-28-6-7-31-26(20-28)19-25-3-2-4-30(35(25)44-31)32-23-40(17-18-43-32)29-9-13-36-33(41)21-29/h2-9,13,20-22,27,32,38H,10-12,14-19,23H2,1H3,(H,36,41). The fourth-order valence-electron chi connectivity index (χ4n) is 6.55. The number of nitrogens with one attached hydrogen (secondary N) is 2. The Morgan fingerprint density at radius 2 is 1.95 bits per heavy atom. The maximum atomic E-state index is 11.9. The second-order valence-electron chi connectivity index (χ2n) is 11.9. The molecule has 2 aromatic carbocycles. The van der Waals surface area contributed by atoms with E-state index >= 15 is 0 Å². The number of anilines is 2. The zero-order valence-electron chi connectivity index (χ0n) is 25.1. The molecule has 228 valence electrons. The van der Waals surface area contributed by atoms with Gasteiger partial charge in [0, 0.05) is 92.2 Å². The van der Waals surface area contributed by atoms with Gasteiger partial charge in [-0.05, 0) is 54.7 Å². The third-order valence-corrected chi connectivity index (χ3v) is 9.00. The first kappa shape index (κ1) is 28.4. The number of aromatic amines is 1. The molecule has 0 radical (unpaired) electrons. The van der Waals surface area contributed by atoms with Gasteiger partial charge in [-0.25, -0.2) is 4.98 Å². The Balaban J connectivity index is 0.959. The smallest absolute Gasteiger partial charge is 0.249 e. The highest BCUT2D eigenvalue weighted by Gasteiger charge is 2.29. The third-order valence-electron chi connectivity index (χ3n) is 9.00. The molecule has 3 aliphatic rings. The minimum Gasteiger partial charge on any atom is -0.481 e. The summed E-state index contributed by atoms with van der Waals surface area (Å²) < 4.78 is 18.0. The number of rotatable bonds is 8. The van der Waals surface area contributed by atoms with Gasteiger partial charge in [0.15, 0.2) is 0 Å². The number of benzene rings is 2. The van der Waals surface area contributed by atoms with Gasteiger partial charge in [-0.3, -0.25) is 4.79 Å². The van der Waals surface area contributed by atoms with Crippen LogP contribution >= 0.6 is 0 Å². The number of nitrogens with zero attached hydrogens (tertiary/aromatic N) is 3. The van der Waals surface area contributed by atoms with Crippen LogP contribution in [-0.2, 0) is 17.6 Å². The molecule has 2 N–H and O–H groups in total. The molecule has 0 spiro atoms. The van der Waals surface area contributed by atoms with Crippen molar-refractivity contribution in [1.29, 1.82) is 0 Å². The number of methoxy groups -OCH3 is 1. The van der Waals surface area contributed by atoms with Crippen LogP contribution in [-0.4, -0.2) is 67.4 Å². The van der Waals surface area contributed by atoms with Gasteiger partial charge in [-0.2, -0.15) is 0 Å². The molecule has 9 heteroatoms. The van der Waals surface area contributed by atoms with Crippen LogP contribution in [0.25, 0.3) is 0 Å². The Kier molecular flexibility index (Phi) is 8.22. The number of hydrogen-bond donors (Lipinski definition) is 2. The highest BCUT2D eigenvalue weighted by molar-refractivity contribution is 5.59. The monoisotopic (exact) mass is 593 g/mol. The van der Waals surface area contributed by atoms with E-state index in [2.05, 4.69) is 67.5 Å². The number of aromatic nitrogens is 2. The Bertz CT molecular complexity index is 1650. The number of morpholine rings is 1. The normalized spacial score (nSPS) is 18.7. The largest absolute Gasteiger partial charge is 0.481 e. The van der Waals surface area contributed by atoms with Gasteiger partial charge in [0.05, 0.1) is 13.7 Å². The summed E-state index contributed by atoms with van der Waals surface area (Å²) in [5.41, 5.74) is 6.63. The van der Waals surface area contributed by atoms with E-state index in [1.807, 2.05) is 18.3 Å². The maximum absolute atomic E-state index is 11.9. The number of ether oxygens (including phenoxy) is 3. The molecule has 1 atom stereocenters. The first-order chi connectivity index (χ1) is 21.6. The summed E-state index contributed by atoms with van der Waals surface area (Å²) in [5.74, 6) is 2.46. The van der Waals surface area contributed by atoms with Crippen LogP contribution in [0.1, 0.15) is 41.2 Å². The van der Waals surface area contributed by atoms with Crippen molar-refractivity contribution in [2.45, 2.75) is 37.8 Å². The van der Waals surface area contributed by atoms with E-state index in [-0.39, 0.29) is 11.7 Å². The number of H-pyrrole nitrogens is 1. The summed E-state index contributed by atoms with van der Waals surface area (Å²) in [6.07, 6.45) is 7.54. The molecule has 7 rings (SSSR count). The van der Waals surface area contributed by atoms with Crippen LogP contribution in [0.3, 0.4) is 0 Å². The lowest BCUT2D eigenvalue weighted by atomic mass is 9.95. The van der Waals surface area contributed by atoms with Gasteiger partial charge in [0.2, 0.25) is 11.4 Å². The number of likely N-dealkylation sites (tertiary alicyclic amines) is 1. The lowest BCUT2D eigenvalue weighted by Gasteiger charge is -2.36. The van der Waals surface area contributed by atoms with Crippen LogP contribution in [0.4, 0.5) is 11.4 Å². The molecule has 3 aliphatic heterocycles. The summed E-state index contributed by atoms with van der Waals surface area (Å²) in [4.78, 5) is 23.7. The average Bonchev–Trinajstić information content (AvgIpc) is 3.07. The van der Waals surface area contributed by atoms with Gasteiger partial charge in [0.25, 0.3) is 0 Å². The minimum absolute atomic E-state index is 0.0967. The fourth-order valence-corrected chi connectivity index (χ4v) is 6.55. The predicted molar refractivity (Wildman–Crippen MR) is 171 cm³/mol. The molecule has 44 heavy (non-hydrogen) atoms. The van der Waals surface area contributed by atoms with Crippen LogP contribution < -0.4 is 25.2 Å². The number of hydrogen-bond acceptors (Lipinski definition) is 8. The number of piperidine rings is 1. The summed E-state index contributed by atoms with van der Waals surface area (Å²) >= 11 is 0. The van der Waals surface area contributed by atoms with Gasteiger partial charge >= 0.3 is 0 Å². The second-order valence-corrected chi connectivity index (χ2v) is 11.9. The molecular formula is C35H39N5O4. The molecule has 4 aromatic rings. The van der Waals surface area contributed by atoms with E-state index in [4.69, 9.17) is 14.2 Å². The molecule has 9 nitrogen and oxygen atoms in total. The molecule has 5 heterocycles. The van der Waals surface area contributed by atoms with Crippen molar-refractivity contribution >= 4 is 11.4 Å². The molecular weight excluding hydrogens is 554 g/mol. The van der Waals surface area contributed by atoms with E-state index in [1.165, 1.54) is 16.7 Å². The summed E-state index contributed by atoms with van der Waals surface area (Å²) in [6, 6.07) is 20.9. The zero-order valence-corrected chi connectivity index (χ0v) is 25.1. The first-order valence-electron chi connectivity index (χ1n) is 15.6. The topological polar surface area (TPSA) is 92.0 Å². The highest BCUT2D eigenvalue weighted by atomic mass is 16.5. The van der Waals surface area contributed by atoms with Crippen molar-refractivity contribution < 1.29 is 14.2 Å². The molecule has 1 unspecified atom stereocenters. The van der Waals surface area contributed by atoms with E-state index in [0.717, 1.165) is 80.3 Å². The van der Waals surface area contributed by atoms with E-state index in [0.29, 0.717) is 25.1 Å². The SMILES string of the molecule is COc1ccc(CCN2CCC(Nc3ccc4c(c3)Cc3cccc(C5CN(c6cc[nH]c(=O)c6)CCO5)c3O4)CC2)cn1. The molecule has 2 fully saturated rings. The van der Waals surface area contributed by atoms with E-state index in [9.17, 15) is 4.79 Å². The number of pyridine rings is 2. The maximum Gasteiger partial charge on any atom is 0.249 e. The molecule has 0 aliphatic carbocycles.